The highest BCUT2D eigenvalue weighted by molar-refractivity contribution is 5.83. The molecule has 0 radical (unpaired) electrons. The number of benzene rings is 2. The smallest absolute Gasteiger partial charge is 0.310 e. The molecule has 100 valence electrons. The van der Waals surface area contributed by atoms with Gasteiger partial charge in [-0.2, -0.15) is 0 Å². The fourth-order valence-electron chi connectivity index (χ4n) is 2.17. The number of hydrogen-bond donors (Lipinski definition) is 1. The van der Waals surface area contributed by atoms with E-state index in [1.807, 2.05) is 25.1 Å². The van der Waals surface area contributed by atoms with E-state index >= 15 is 0 Å². The highest BCUT2D eigenvalue weighted by atomic mass is 16.5. The molecule has 0 bridgehead atoms. The van der Waals surface area contributed by atoms with Gasteiger partial charge in [0.1, 0.15) is 0 Å². The Bertz CT molecular complexity index is 565. The molecule has 19 heavy (non-hydrogen) atoms. The van der Waals surface area contributed by atoms with Crippen molar-refractivity contribution in [3.63, 3.8) is 0 Å². The van der Waals surface area contributed by atoms with E-state index in [4.69, 9.17) is 10.5 Å². The summed E-state index contributed by atoms with van der Waals surface area (Å²) in [5, 5.41) is 2.38. The van der Waals surface area contributed by atoms with E-state index in [0.717, 1.165) is 5.56 Å². The van der Waals surface area contributed by atoms with Crippen LogP contribution in [0.4, 0.5) is 0 Å². The predicted octanol–water partition coefficient (Wildman–Crippen LogP) is 2.52. The summed E-state index contributed by atoms with van der Waals surface area (Å²) in [6.45, 7) is 2.51. The first-order chi connectivity index (χ1) is 9.24. The van der Waals surface area contributed by atoms with Crippen molar-refractivity contribution in [2.24, 2.45) is 11.7 Å². The Morgan fingerprint density at radius 1 is 1.21 bits per heavy atom. The summed E-state index contributed by atoms with van der Waals surface area (Å²) >= 11 is 0. The first-order valence-corrected chi connectivity index (χ1v) is 6.59. The minimum atomic E-state index is -0.263. The third-order valence-corrected chi connectivity index (χ3v) is 3.20. The molecular formula is C16H19NO2. The van der Waals surface area contributed by atoms with Gasteiger partial charge < -0.3 is 10.5 Å². The zero-order valence-electron chi connectivity index (χ0n) is 11.1. The molecule has 1 atom stereocenters. The van der Waals surface area contributed by atoms with Gasteiger partial charge in [0.25, 0.3) is 0 Å². The van der Waals surface area contributed by atoms with Gasteiger partial charge in [0.2, 0.25) is 0 Å². The number of carbonyl (C=O) groups is 1. The second-order valence-electron chi connectivity index (χ2n) is 4.57. The number of esters is 1. The van der Waals surface area contributed by atoms with Crippen LogP contribution < -0.4 is 5.73 Å². The van der Waals surface area contributed by atoms with E-state index in [-0.39, 0.29) is 11.9 Å². The normalized spacial score (nSPS) is 12.3. The summed E-state index contributed by atoms with van der Waals surface area (Å²) in [4.78, 5) is 11.7. The molecule has 0 heterocycles. The summed E-state index contributed by atoms with van der Waals surface area (Å²) in [7, 11) is 0. The molecule has 3 heteroatoms. The second-order valence-corrected chi connectivity index (χ2v) is 4.57. The Balaban J connectivity index is 2.17. The number of fused-ring (bicyclic) bond motifs is 1. The molecule has 0 aromatic heterocycles. The third-order valence-electron chi connectivity index (χ3n) is 3.20. The van der Waals surface area contributed by atoms with Crippen LogP contribution in [0.15, 0.2) is 42.5 Å². The van der Waals surface area contributed by atoms with Crippen LogP contribution in [0.5, 0.6) is 0 Å². The highest BCUT2D eigenvalue weighted by Gasteiger charge is 2.18. The van der Waals surface area contributed by atoms with Gasteiger partial charge in [-0.25, -0.2) is 0 Å². The molecule has 0 aliphatic rings. The number of ether oxygens (including phenoxy) is 1. The summed E-state index contributed by atoms with van der Waals surface area (Å²) in [6.07, 6.45) is 0.625. The van der Waals surface area contributed by atoms with E-state index in [1.54, 1.807) is 0 Å². The lowest BCUT2D eigenvalue weighted by Crippen LogP contribution is -2.27. The molecular weight excluding hydrogens is 238 g/mol. The minimum absolute atomic E-state index is 0.210. The number of rotatable bonds is 5. The van der Waals surface area contributed by atoms with Gasteiger partial charge in [-0.1, -0.05) is 42.5 Å². The van der Waals surface area contributed by atoms with Crippen LogP contribution in [0.3, 0.4) is 0 Å². The van der Waals surface area contributed by atoms with Gasteiger partial charge in [0.15, 0.2) is 0 Å². The van der Waals surface area contributed by atoms with Crippen LogP contribution in [0.25, 0.3) is 10.8 Å². The molecule has 0 amide bonds. The maximum Gasteiger partial charge on any atom is 0.310 e. The van der Waals surface area contributed by atoms with Crippen LogP contribution in [0.1, 0.15) is 12.5 Å². The molecule has 3 nitrogen and oxygen atoms in total. The molecule has 0 aliphatic heterocycles. The van der Waals surface area contributed by atoms with Gasteiger partial charge in [-0.3, -0.25) is 4.79 Å². The van der Waals surface area contributed by atoms with E-state index in [0.29, 0.717) is 19.6 Å². The number of carbonyl (C=O) groups excluding carboxylic acids is 1. The average molecular weight is 257 g/mol. The molecule has 0 fully saturated rings. The third kappa shape index (κ3) is 3.32. The lowest BCUT2D eigenvalue weighted by Gasteiger charge is -2.13. The number of hydrogen-bond acceptors (Lipinski definition) is 3. The lowest BCUT2D eigenvalue weighted by atomic mass is 9.97. The molecule has 0 saturated carbocycles. The van der Waals surface area contributed by atoms with Crippen molar-refractivity contribution < 1.29 is 9.53 Å². The molecule has 1 unspecified atom stereocenters. The molecule has 2 aromatic rings. The van der Waals surface area contributed by atoms with Crippen LogP contribution in [-0.2, 0) is 16.0 Å². The van der Waals surface area contributed by atoms with Gasteiger partial charge in [-0.15, -0.1) is 0 Å². The Hall–Kier alpha value is -1.87. The van der Waals surface area contributed by atoms with Crippen molar-refractivity contribution in [1.82, 2.24) is 0 Å². The van der Waals surface area contributed by atoms with Gasteiger partial charge in [0.05, 0.1) is 12.5 Å². The summed E-state index contributed by atoms with van der Waals surface area (Å²) in [6, 6.07) is 14.4. The van der Waals surface area contributed by atoms with Gasteiger partial charge in [-0.05, 0) is 29.7 Å². The molecule has 2 rings (SSSR count). The van der Waals surface area contributed by atoms with Crippen molar-refractivity contribution in [3.8, 4) is 0 Å². The second kappa shape index (κ2) is 6.34. The van der Waals surface area contributed by atoms with Crippen molar-refractivity contribution in [2.75, 3.05) is 13.2 Å². The molecule has 2 N–H and O–H groups in total. The molecule has 0 saturated heterocycles. The standard InChI is InChI=1S/C16H19NO2/c1-2-19-16(18)15(11-17)10-12-7-8-13-5-3-4-6-14(13)9-12/h3-9,15H,2,10-11,17H2,1H3. The summed E-state index contributed by atoms with van der Waals surface area (Å²) in [5.41, 5.74) is 6.78. The lowest BCUT2D eigenvalue weighted by molar-refractivity contribution is -0.147. The molecule has 0 spiro atoms. The average Bonchev–Trinajstić information content (AvgIpc) is 2.44. The van der Waals surface area contributed by atoms with E-state index < -0.39 is 0 Å². The van der Waals surface area contributed by atoms with Crippen LogP contribution in [0, 0.1) is 5.92 Å². The monoisotopic (exact) mass is 257 g/mol. The van der Waals surface area contributed by atoms with E-state index in [1.165, 1.54) is 10.8 Å². The van der Waals surface area contributed by atoms with Crippen LogP contribution >= 0.6 is 0 Å². The Kier molecular flexibility index (Phi) is 4.53. The van der Waals surface area contributed by atoms with Crippen molar-refractivity contribution in [2.45, 2.75) is 13.3 Å². The molecule has 0 aliphatic carbocycles. The zero-order valence-corrected chi connectivity index (χ0v) is 11.1. The quantitative estimate of drug-likeness (QED) is 0.837. The maximum atomic E-state index is 11.7. The first-order valence-electron chi connectivity index (χ1n) is 6.59. The summed E-state index contributed by atoms with van der Waals surface area (Å²) in [5.74, 6) is -0.473. The summed E-state index contributed by atoms with van der Waals surface area (Å²) < 4.78 is 5.04. The van der Waals surface area contributed by atoms with Gasteiger partial charge >= 0.3 is 5.97 Å². The topological polar surface area (TPSA) is 52.3 Å². The predicted molar refractivity (Wildman–Crippen MR) is 76.8 cm³/mol. The van der Waals surface area contributed by atoms with Crippen LogP contribution in [-0.4, -0.2) is 19.1 Å². The highest BCUT2D eigenvalue weighted by Crippen LogP contribution is 2.18. The van der Waals surface area contributed by atoms with Crippen molar-refractivity contribution in [3.05, 3.63) is 48.0 Å². The molecule has 2 aromatic carbocycles. The van der Waals surface area contributed by atoms with Crippen LogP contribution in [0.2, 0.25) is 0 Å². The Morgan fingerprint density at radius 3 is 2.63 bits per heavy atom. The largest absolute Gasteiger partial charge is 0.466 e. The SMILES string of the molecule is CCOC(=O)C(CN)Cc1ccc2ccccc2c1. The Labute approximate surface area is 113 Å². The van der Waals surface area contributed by atoms with Crippen molar-refractivity contribution >= 4 is 16.7 Å². The number of nitrogens with two attached hydrogens (primary N) is 1. The fourth-order valence-corrected chi connectivity index (χ4v) is 2.17. The fraction of sp³-hybridized carbons (Fsp3) is 0.312. The minimum Gasteiger partial charge on any atom is -0.466 e. The van der Waals surface area contributed by atoms with E-state index in [2.05, 4.69) is 24.3 Å². The van der Waals surface area contributed by atoms with Crippen molar-refractivity contribution in [1.29, 1.82) is 0 Å². The Morgan fingerprint density at radius 2 is 1.95 bits per heavy atom. The van der Waals surface area contributed by atoms with E-state index in [9.17, 15) is 4.79 Å². The first kappa shape index (κ1) is 13.6. The zero-order chi connectivity index (χ0) is 13.7. The van der Waals surface area contributed by atoms with Gasteiger partial charge in [0, 0.05) is 6.54 Å². The maximum absolute atomic E-state index is 11.7.